The molecule has 147 heavy (non-hydrogen) atoms. The summed E-state index contributed by atoms with van der Waals surface area (Å²) in [6.07, 6.45) is 12.5. The van der Waals surface area contributed by atoms with E-state index in [-0.39, 0.29) is 95.6 Å². The summed E-state index contributed by atoms with van der Waals surface area (Å²) in [6, 6.07) is 40.3. The van der Waals surface area contributed by atoms with Crippen LogP contribution < -0.4 is 84.6 Å². The van der Waals surface area contributed by atoms with Gasteiger partial charge in [0.2, 0.25) is 6.79 Å². The molecule has 0 unspecified atom stereocenters. The van der Waals surface area contributed by atoms with Crippen LogP contribution in [0, 0.1) is 11.6 Å². The molecule has 6 aromatic heterocycles. The average Bonchev–Trinajstić information content (AvgIpc) is 1.71. The highest BCUT2D eigenvalue weighted by Crippen LogP contribution is 2.52. The number of nitrogens with one attached hydrogen (secondary N) is 6. The van der Waals surface area contributed by atoms with Crippen molar-refractivity contribution in [1.29, 1.82) is 0 Å². The Morgan fingerprint density at radius 3 is 0.966 bits per heavy atom. The lowest BCUT2D eigenvalue weighted by Gasteiger charge is -2.32. The number of hydrogen-bond donors (Lipinski definition) is 10. The lowest BCUT2D eigenvalue weighted by atomic mass is 9.88. The van der Waals surface area contributed by atoms with E-state index in [1.54, 1.807) is 30.3 Å². The molecular formula is C117H102Cl2F2N6O20. The number of allylic oxidation sites excluding steroid dienone is 6. The van der Waals surface area contributed by atoms with E-state index in [0.717, 1.165) is 112 Å². The Bertz CT molecular complexity index is 8980. The third kappa shape index (κ3) is 17.0. The maximum absolute atomic E-state index is 14.2. The van der Waals surface area contributed by atoms with Crippen LogP contribution in [-0.4, -0.2) is 74.7 Å². The lowest BCUT2D eigenvalue weighted by Crippen LogP contribution is -2.31. The number of fused-ring (bicyclic) bond motifs is 32. The van der Waals surface area contributed by atoms with Crippen LogP contribution in [0.1, 0.15) is 158 Å². The van der Waals surface area contributed by atoms with E-state index in [0.29, 0.717) is 126 Å². The van der Waals surface area contributed by atoms with Gasteiger partial charge in [-0.3, -0.25) is 0 Å². The van der Waals surface area contributed by atoms with Crippen LogP contribution in [0.15, 0.2) is 237 Å². The Balaban J connectivity index is 0.000000107. The van der Waals surface area contributed by atoms with Crippen molar-refractivity contribution in [1.82, 2.24) is 0 Å². The molecule has 18 aromatic rings. The molecule has 0 fully saturated rings. The molecule has 0 saturated carbocycles. The molecule has 30 heteroatoms. The number of anilines is 6. The molecule has 0 bridgehead atoms. The first kappa shape index (κ1) is 98.0. The number of ether oxygens (including phenoxy) is 4. The first-order valence-corrected chi connectivity index (χ1v) is 48.2. The molecule has 0 amide bonds. The first-order valence-electron chi connectivity index (χ1n) is 47.4. The van der Waals surface area contributed by atoms with Crippen LogP contribution in [0.2, 0.25) is 10.0 Å². The fourth-order valence-corrected chi connectivity index (χ4v) is 22.6. The van der Waals surface area contributed by atoms with Gasteiger partial charge in [0, 0.05) is 117 Å². The number of benzene rings is 12. The van der Waals surface area contributed by atoms with Gasteiger partial charge in [0.25, 0.3) is 0 Å². The van der Waals surface area contributed by atoms with Crippen molar-refractivity contribution in [2.24, 2.45) is 0 Å². The van der Waals surface area contributed by atoms with E-state index >= 15 is 0 Å². The second kappa shape index (κ2) is 35.2. The summed E-state index contributed by atoms with van der Waals surface area (Å²) in [7, 11) is 2.88. The molecule has 7 aliphatic rings. The second-order valence-corrected chi connectivity index (χ2v) is 42.1. The molecule has 0 atom stereocenters. The summed E-state index contributed by atoms with van der Waals surface area (Å²) in [6.45, 7) is 36.9. The van der Waals surface area contributed by atoms with Crippen molar-refractivity contribution < 1.29 is 74.7 Å². The molecule has 0 saturated heterocycles. The Morgan fingerprint density at radius 1 is 0.306 bits per heavy atom. The maximum atomic E-state index is 14.2. The Hall–Kier alpha value is -16.5. The van der Waals surface area contributed by atoms with Gasteiger partial charge in [0.05, 0.1) is 117 Å². The van der Waals surface area contributed by atoms with Crippen molar-refractivity contribution in [3.63, 3.8) is 0 Å². The van der Waals surface area contributed by atoms with Gasteiger partial charge >= 0.3 is 33.8 Å². The van der Waals surface area contributed by atoms with E-state index in [4.69, 9.17) is 68.7 Å². The molecule has 12 aromatic carbocycles. The zero-order chi connectivity index (χ0) is 105. The molecule has 7 aliphatic heterocycles. The van der Waals surface area contributed by atoms with Gasteiger partial charge in [-0.05, 0) is 255 Å². The number of phenolic OH excluding ortho intramolecular Hbond substituents is 4. The molecule has 26 nitrogen and oxygen atoms in total. The normalized spacial score (nSPS) is 16.1. The summed E-state index contributed by atoms with van der Waals surface area (Å²) in [5.74, 6) is 0.0832. The molecule has 25 rings (SSSR count). The van der Waals surface area contributed by atoms with Gasteiger partial charge in [-0.25, -0.2) is 37.5 Å². The number of halogens is 4. The van der Waals surface area contributed by atoms with E-state index in [9.17, 15) is 58.0 Å². The molecule has 0 spiro atoms. The van der Waals surface area contributed by atoms with Crippen LogP contribution >= 0.6 is 23.2 Å². The summed E-state index contributed by atoms with van der Waals surface area (Å²) >= 11 is 12.3. The average molecular weight is 2020 g/mol. The molecule has 0 aliphatic carbocycles. The number of hydrogen-bond acceptors (Lipinski definition) is 26. The molecular weight excluding hydrogens is 1920 g/mol. The van der Waals surface area contributed by atoms with Crippen LogP contribution in [0.5, 0.6) is 46.0 Å². The summed E-state index contributed by atoms with van der Waals surface area (Å²) in [5.41, 5.74) is 14.3. The van der Waals surface area contributed by atoms with E-state index in [1.165, 1.54) is 62.8 Å². The highest BCUT2D eigenvalue weighted by atomic mass is 35.5. The monoisotopic (exact) mass is 2020 g/mol. The van der Waals surface area contributed by atoms with Gasteiger partial charge in [-0.2, -0.15) is 0 Å². The van der Waals surface area contributed by atoms with Crippen LogP contribution in [0.25, 0.3) is 164 Å². The van der Waals surface area contributed by atoms with E-state index < -0.39 is 39.8 Å². The topological polar surface area (TPSA) is 371 Å². The number of aromatic hydroxyl groups is 4. The van der Waals surface area contributed by atoms with Crippen LogP contribution in [0.3, 0.4) is 0 Å². The fraction of sp³-hybridized carbons (Fsp3) is 0.231. The molecule has 10 N–H and O–H groups in total. The number of methoxy groups -OCH3 is 2. The SMILES string of the molecule is CC1=CC(C)(C)Nc2ccc3c(c21)c(=O)oc1ccc(Cl)c(O)c13.CC1=CC(C)(C)Nc2ccc3c(c21)c(=O)oc1ccc(O)c(Cl)c13.CC1=CC(C)(C)Nc2ccc3c(c21)c(=O)oc1ccc(O)c(O)c13.CC1=CC(C)(C)Nc2ccc3c(c21)c(=O)oc1ccc2c(c13)OCO2.COc1c(F)ccc2oc(=O)c3c4c(ccc3c12)NC(C)(C)C=C4C.COc1cc(F)cc2oc(=O)c3c4c(ccc3c12)NC(C)(C)C=C4C. The summed E-state index contributed by atoms with van der Waals surface area (Å²) in [5, 5.41) is 71.3. The van der Waals surface area contributed by atoms with E-state index in [2.05, 4.69) is 151 Å². The summed E-state index contributed by atoms with van der Waals surface area (Å²) < 4.78 is 82.5. The number of rotatable bonds is 2. The Labute approximate surface area is 847 Å². The maximum Gasteiger partial charge on any atom is 0.344 e. The van der Waals surface area contributed by atoms with Crippen molar-refractivity contribution in [2.45, 2.75) is 158 Å². The smallest absolute Gasteiger partial charge is 0.344 e. The highest BCUT2D eigenvalue weighted by molar-refractivity contribution is 6.39. The number of phenols is 4. The quantitative estimate of drug-likeness (QED) is 0.0436. The van der Waals surface area contributed by atoms with Gasteiger partial charge in [0.1, 0.15) is 56.6 Å². The molecule has 748 valence electrons. The van der Waals surface area contributed by atoms with Gasteiger partial charge in [0.15, 0.2) is 34.6 Å². The van der Waals surface area contributed by atoms with Crippen molar-refractivity contribution in [2.75, 3.05) is 52.9 Å². The highest BCUT2D eigenvalue weighted by Gasteiger charge is 2.36. The first-order chi connectivity index (χ1) is 69.4. The van der Waals surface area contributed by atoms with Gasteiger partial charge in [-0.15, -0.1) is 0 Å². The van der Waals surface area contributed by atoms with E-state index in [1.807, 2.05) is 108 Å². The predicted molar refractivity (Wildman–Crippen MR) is 584 cm³/mol. The Kier molecular flexibility index (Phi) is 23.5. The lowest BCUT2D eigenvalue weighted by molar-refractivity contribution is 0.175. The fourth-order valence-electron chi connectivity index (χ4n) is 22.2. The Morgan fingerprint density at radius 2 is 0.599 bits per heavy atom. The second-order valence-electron chi connectivity index (χ2n) is 41.3. The summed E-state index contributed by atoms with van der Waals surface area (Å²) in [4.78, 5) is 76.0. The third-order valence-corrected chi connectivity index (χ3v) is 27.9. The van der Waals surface area contributed by atoms with Crippen LogP contribution in [0.4, 0.5) is 42.9 Å². The van der Waals surface area contributed by atoms with Crippen molar-refractivity contribution in [3.05, 3.63) is 300 Å². The van der Waals surface area contributed by atoms with Crippen molar-refractivity contribution in [3.8, 4) is 46.0 Å². The van der Waals surface area contributed by atoms with Crippen molar-refractivity contribution >= 4 is 221 Å². The molecule has 0 radical (unpaired) electrons. The minimum atomic E-state index is -0.510. The predicted octanol–water partition coefficient (Wildman–Crippen LogP) is 27.5. The minimum Gasteiger partial charge on any atom is -0.506 e. The zero-order valence-electron chi connectivity index (χ0n) is 83.9. The van der Waals surface area contributed by atoms with Gasteiger partial charge < -0.3 is 97.8 Å². The largest absolute Gasteiger partial charge is 0.506 e. The molecule has 13 heterocycles. The van der Waals surface area contributed by atoms with Crippen LogP contribution in [-0.2, 0) is 0 Å². The van der Waals surface area contributed by atoms with Gasteiger partial charge in [-0.1, -0.05) is 96.1 Å². The standard InChI is InChI=1S/2C20H18FNO3.C20H17NO4.2C19H16ClNO3.C19H17NO4/c1-10-9-20(2,3)22-13-7-5-11-16-14(8-6-12(21)18(16)24-4)25-19(23)17(11)15(10)13;1-10-9-20(2,3)22-13-6-5-12-17-14(24-4)7-11(21)8-15(17)25-19(23)18(12)16(10)13;1-10-8-20(2,3)21-12-5-4-11-16-13(25-19(22)17(11)15(10)12)6-7-14-18(16)24-9-23-14;1-9-8-19(2,3)21-12-6-4-10-15-13(7-5-11(20)17(15)22)24-18(23)16(10)14(9)12;1-9-8-19(2,3)21-11-5-4-10-15-13(7-6-12(22)17(15)20)24-18(23)16(10)14(9)11;1-9-8-19(2,3)20-11-5-4-10-15-13(7-6-12(21)17(15)22)24-18(23)16(10)14(9)11/h2*5-9,22H,1-4H3;4-8,21H,9H2,1-3H3;2*4-8,21-22H,1-3H3;4-8,20-22H,1-3H3. The third-order valence-electron chi connectivity index (χ3n) is 27.2. The zero-order valence-corrected chi connectivity index (χ0v) is 85.4. The minimum absolute atomic E-state index is 0.0384.